The quantitative estimate of drug-likeness (QED) is 0.543. The zero-order chi connectivity index (χ0) is 24.8. The Balaban J connectivity index is 2.44. The van der Waals surface area contributed by atoms with Gasteiger partial charge in [0.25, 0.3) is 0 Å². The first-order valence-corrected chi connectivity index (χ1v) is 12.7. The van der Waals surface area contributed by atoms with Gasteiger partial charge in [0, 0.05) is 12.6 Å². The van der Waals surface area contributed by atoms with E-state index < -0.39 is 34.3 Å². The third kappa shape index (κ3) is 7.43. The average molecular weight is 498 g/mol. The lowest BCUT2D eigenvalue weighted by Crippen LogP contribution is -2.53. The smallest absolute Gasteiger partial charge is 0.244 e. The molecule has 0 aliphatic heterocycles. The van der Waals surface area contributed by atoms with Crippen molar-refractivity contribution in [2.45, 2.75) is 45.8 Å². The van der Waals surface area contributed by atoms with Crippen molar-refractivity contribution in [3.63, 3.8) is 0 Å². The number of hydrogen-bond acceptors (Lipinski definition) is 4. The second kappa shape index (κ2) is 11.5. The average Bonchev–Trinajstić information content (AvgIpc) is 2.72. The summed E-state index contributed by atoms with van der Waals surface area (Å²) >= 11 is 6.20. The predicted molar refractivity (Wildman–Crippen MR) is 128 cm³/mol. The maximum absolute atomic E-state index is 13.5. The summed E-state index contributed by atoms with van der Waals surface area (Å²) in [5, 5.41) is 2.97. The number of rotatable bonds is 10. The fourth-order valence-electron chi connectivity index (χ4n) is 3.34. The molecule has 2 aromatic carbocycles. The van der Waals surface area contributed by atoms with Crippen molar-refractivity contribution in [2.75, 3.05) is 17.1 Å². The summed E-state index contributed by atoms with van der Waals surface area (Å²) in [5.41, 5.74) is 0.764. The number of para-hydroxylation sites is 1. The van der Waals surface area contributed by atoms with Gasteiger partial charge in [-0.1, -0.05) is 42.8 Å². The number of halogens is 2. The molecule has 0 aliphatic carbocycles. The van der Waals surface area contributed by atoms with Crippen molar-refractivity contribution in [3.8, 4) is 0 Å². The fourth-order valence-corrected chi connectivity index (χ4v) is 4.48. The highest BCUT2D eigenvalue weighted by Gasteiger charge is 2.32. The zero-order valence-electron chi connectivity index (χ0n) is 19.1. The summed E-state index contributed by atoms with van der Waals surface area (Å²) < 4.78 is 39.4. The lowest BCUT2D eigenvalue weighted by atomic mass is 10.1. The molecular weight excluding hydrogens is 469 g/mol. The van der Waals surface area contributed by atoms with E-state index in [2.05, 4.69) is 5.32 Å². The van der Waals surface area contributed by atoms with Crippen LogP contribution in [-0.4, -0.2) is 50.0 Å². The van der Waals surface area contributed by atoms with E-state index in [1.165, 1.54) is 41.3 Å². The molecule has 0 saturated carbocycles. The van der Waals surface area contributed by atoms with Gasteiger partial charge in [0.15, 0.2) is 0 Å². The van der Waals surface area contributed by atoms with Crippen molar-refractivity contribution in [3.05, 3.63) is 64.9 Å². The van der Waals surface area contributed by atoms with Gasteiger partial charge in [-0.25, -0.2) is 12.8 Å². The lowest BCUT2D eigenvalue weighted by molar-refractivity contribution is -0.140. The van der Waals surface area contributed by atoms with Gasteiger partial charge < -0.3 is 10.2 Å². The molecule has 2 amide bonds. The number of anilines is 1. The molecule has 180 valence electrons. The normalized spacial score (nSPS) is 12.3. The van der Waals surface area contributed by atoms with E-state index in [9.17, 15) is 22.4 Å². The van der Waals surface area contributed by atoms with Crippen molar-refractivity contribution in [1.29, 1.82) is 0 Å². The van der Waals surface area contributed by atoms with E-state index in [0.717, 1.165) is 10.6 Å². The topological polar surface area (TPSA) is 86.8 Å². The van der Waals surface area contributed by atoms with Crippen LogP contribution >= 0.6 is 11.6 Å². The van der Waals surface area contributed by atoms with Crippen LogP contribution in [0.4, 0.5) is 10.1 Å². The number of nitrogens with one attached hydrogen (secondary N) is 1. The van der Waals surface area contributed by atoms with Crippen LogP contribution in [0.15, 0.2) is 48.5 Å². The minimum atomic E-state index is -3.87. The Morgan fingerprint density at radius 3 is 2.21 bits per heavy atom. The van der Waals surface area contributed by atoms with Gasteiger partial charge >= 0.3 is 0 Å². The molecule has 7 nitrogen and oxygen atoms in total. The molecule has 0 aromatic heterocycles. The third-order valence-electron chi connectivity index (χ3n) is 4.88. The Hall–Kier alpha value is -2.65. The van der Waals surface area contributed by atoms with Crippen molar-refractivity contribution < 1.29 is 22.4 Å². The van der Waals surface area contributed by atoms with E-state index in [-0.39, 0.29) is 29.2 Å². The Morgan fingerprint density at radius 2 is 1.70 bits per heavy atom. The maximum Gasteiger partial charge on any atom is 0.244 e. The number of carbonyl (C=O) groups is 2. The molecule has 33 heavy (non-hydrogen) atoms. The molecule has 0 saturated heterocycles. The summed E-state index contributed by atoms with van der Waals surface area (Å²) in [6, 6.07) is 10.9. The van der Waals surface area contributed by atoms with Crippen molar-refractivity contribution in [2.24, 2.45) is 0 Å². The van der Waals surface area contributed by atoms with Gasteiger partial charge in [-0.3, -0.25) is 13.9 Å². The molecule has 0 heterocycles. The SMILES string of the molecule is CCC(C(=O)NC(C)C)N(Cc1ccc(F)cc1)C(=O)CN(c1ccccc1Cl)S(C)(=O)=O. The second-order valence-electron chi connectivity index (χ2n) is 7.96. The number of sulfonamides is 1. The third-order valence-corrected chi connectivity index (χ3v) is 6.33. The summed E-state index contributed by atoms with van der Waals surface area (Å²) in [6.45, 7) is 4.83. The fraction of sp³-hybridized carbons (Fsp3) is 0.391. The molecule has 2 rings (SSSR count). The van der Waals surface area contributed by atoms with Crippen LogP contribution in [0.3, 0.4) is 0 Å². The van der Waals surface area contributed by atoms with E-state index in [4.69, 9.17) is 11.6 Å². The minimum Gasteiger partial charge on any atom is -0.352 e. The van der Waals surface area contributed by atoms with Gasteiger partial charge in [-0.15, -0.1) is 0 Å². The molecule has 0 radical (unpaired) electrons. The highest BCUT2D eigenvalue weighted by Crippen LogP contribution is 2.27. The standard InChI is InChI=1S/C23H29ClFN3O4S/c1-5-20(23(30)26-16(2)3)27(14-17-10-12-18(25)13-11-17)22(29)15-28(33(4,31)32)21-9-7-6-8-19(21)24/h6-13,16,20H,5,14-15H2,1-4H3,(H,26,30). The molecule has 1 unspecified atom stereocenters. The summed E-state index contributed by atoms with van der Waals surface area (Å²) in [7, 11) is -3.87. The molecule has 1 N–H and O–H groups in total. The van der Waals surface area contributed by atoms with Crippen molar-refractivity contribution >= 4 is 39.1 Å². The second-order valence-corrected chi connectivity index (χ2v) is 10.3. The van der Waals surface area contributed by atoms with Crippen LogP contribution in [-0.2, 0) is 26.2 Å². The van der Waals surface area contributed by atoms with Crippen LogP contribution in [0, 0.1) is 5.82 Å². The number of carbonyl (C=O) groups excluding carboxylic acids is 2. The molecule has 0 spiro atoms. The van der Waals surface area contributed by atoms with Gasteiger partial charge in [0.2, 0.25) is 21.8 Å². The molecule has 0 fully saturated rings. The van der Waals surface area contributed by atoms with Crippen LogP contribution in [0.1, 0.15) is 32.8 Å². The Kier molecular flexibility index (Phi) is 9.25. The summed E-state index contributed by atoms with van der Waals surface area (Å²) in [6.07, 6.45) is 1.28. The van der Waals surface area contributed by atoms with Gasteiger partial charge in [-0.2, -0.15) is 0 Å². The van der Waals surface area contributed by atoms with Gasteiger partial charge in [-0.05, 0) is 50.1 Å². The molecule has 10 heteroatoms. The summed E-state index contributed by atoms with van der Waals surface area (Å²) in [5.74, 6) is -1.37. The van der Waals surface area contributed by atoms with Gasteiger partial charge in [0.1, 0.15) is 18.4 Å². The number of nitrogens with zero attached hydrogens (tertiary/aromatic N) is 2. The Labute approximate surface area is 199 Å². The highest BCUT2D eigenvalue weighted by atomic mass is 35.5. The largest absolute Gasteiger partial charge is 0.352 e. The molecule has 2 aromatic rings. The Bertz CT molecular complexity index is 1080. The highest BCUT2D eigenvalue weighted by molar-refractivity contribution is 7.92. The minimum absolute atomic E-state index is 0.00323. The van der Waals surface area contributed by atoms with Crippen LogP contribution in [0.25, 0.3) is 0 Å². The first-order valence-electron chi connectivity index (χ1n) is 10.5. The van der Waals surface area contributed by atoms with Crippen LogP contribution in [0.5, 0.6) is 0 Å². The van der Waals surface area contributed by atoms with Crippen molar-refractivity contribution in [1.82, 2.24) is 10.2 Å². The van der Waals surface area contributed by atoms with E-state index in [1.54, 1.807) is 32.9 Å². The van der Waals surface area contributed by atoms with Crippen LogP contribution in [0.2, 0.25) is 5.02 Å². The predicted octanol–water partition coefficient (Wildman–Crippen LogP) is 3.58. The lowest BCUT2D eigenvalue weighted by Gasteiger charge is -2.33. The molecule has 1 atom stereocenters. The Morgan fingerprint density at radius 1 is 1.09 bits per heavy atom. The van der Waals surface area contributed by atoms with Crippen LogP contribution < -0.4 is 9.62 Å². The summed E-state index contributed by atoms with van der Waals surface area (Å²) in [4.78, 5) is 27.7. The first-order chi connectivity index (χ1) is 15.4. The molecule has 0 bridgehead atoms. The van der Waals surface area contributed by atoms with E-state index in [0.29, 0.717) is 12.0 Å². The number of benzene rings is 2. The maximum atomic E-state index is 13.5. The first kappa shape index (κ1) is 26.6. The number of amides is 2. The molecular formula is C23H29ClFN3O4S. The van der Waals surface area contributed by atoms with Gasteiger partial charge in [0.05, 0.1) is 17.0 Å². The zero-order valence-corrected chi connectivity index (χ0v) is 20.7. The molecule has 0 aliphatic rings. The monoisotopic (exact) mass is 497 g/mol. The number of hydrogen-bond donors (Lipinski definition) is 1. The van der Waals surface area contributed by atoms with E-state index >= 15 is 0 Å². The van der Waals surface area contributed by atoms with E-state index in [1.807, 2.05) is 0 Å².